The van der Waals surface area contributed by atoms with Gasteiger partial charge in [0.25, 0.3) is 5.91 Å². The van der Waals surface area contributed by atoms with Crippen molar-refractivity contribution in [1.29, 1.82) is 0 Å². The number of nitrogens with zero attached hydrogens (tertiary/aromatic N) is 2. The summed E-state index contributed by atoms with van der Waals surface area (Å²) in [6, 6.07) is 15.4. The molecule has 3 aromatic rings. The molecule has 5 atom stereocenters. The molecule has 1 fully saturated rings. The van der Waals surface area contributed by atoms with E-state index in [2.05, 4.69) is 27.4 Å². The minimum absolute atomic E-state index is 0.0149. The fourth-order valence-electron chi connectivity index (χ4n) is 4.16. The molecule has 2 aromatic carbocycles. The molecule has 11 heteroatoms. The van der Waals surface area contributed by atoms with Gasteiger partial charge >= 0.3 is 5.97 Å². The maximum Gasteiger partial charge on any atom is 0.303 e. The van der Waals surface area contributed by atoms with E-state index in [0.717, 1.165) is 27.4 Å². The molecule has 0 saturated carbocycles. The molecule has 1 aromatic heterocycles. The fraction of sp³-hybridized carbons (Fsp3) is 0.407. The molecule has 1 saturated heterocycles. The molecule has 3 N–H and O–H groups in total. The van der Waals surface area contributed by atoms with Gasteiger partial charge in [-0.15, -0.1) is 0 Å². The minimum Gasteiger partial charge on any atom is -0.453 e. The first-order valence-electron chi connectivity index (χ1n) is 12.4. The number of hydrogen-bond donors (Lipinski definition) is 3. The Morgan fingerprint density at radius 1 is 1.11 bits per heavy atom. The van der Waals surface area contributed by atoms with E-state index in [9.17, 15) is 14.7 Å². The zero-order valence-corrected chi connectivity index (χ0v) is 22.3. The lowest BCUT2D eigenvalue weighted by Gasteiger charge is -2.41. The van der Waals surface area contributed by atoms with Gasteiger partial charge in [-0.3, -0.25) is 14.7 Å². The molecule has 0 aliphatic carbocycles. The molecule has 10 nitrogen and oxygen atoms in total. The maximum atomic E-state index is 12.1. The third-order valence-electron chi connectivity index (χ3n) is 6.33. The summed E-state index contributed by atoms with van der Waals surface area (Å²) in [6.45, 7) is 5.19. The monoisotopic (exact) mass is 540 g/mol. The average Bonchev–Trinajstić information content (AvgIpc) is 3.45. The van der Waals surface area contributed by atoms with Gasteiger partial charge in [-0.25, -0.2) is 4.98 Å². The number of aliphatic hydroxyl groups is 1. The highest BCUT2D eigenvalue weighted by molar-refractivity contribution is 7.99. The second kappa shape index (κ2) is 13.0. The predicted octanol–water partition coefficient (Wildman–Crippen LogP) is 3.45. The van der Waals surface area contributed by atoms with Crippen molar-refractivity contribution >= 4 is 23.6 Å². The van der Waals surface area contributed by atoms with Crippen LogP contribution in [0.1, 0.15) is 55.4 Å². The Kier molecular flexibility index (Phi) is 9.51. The van der Waals surface area contributed by atoms with E-state index in [-0.39, 0.29) is 30.6 Å². The van der Waals surface area contributed by atoms with E-state index < -0.39 is 18.4 Å². The Bertz CT molecular complexity index is 1190. The standard InChI is InChI=1S/C27H32N4O6S/c1-16-23(14-38-27-29-15-30-31-27)36-26(37-24(16)21-8-6-20(13-32)7-9-21)22-10-4-19(5-11-22)12-28-25(34)17(2)35-18(3)33/h4-11,15-17,23-24,26,32H,12-14H2,1-3H3,(H,28,34)(H,29,30,31). The van der Waals surface area contributed by atoms with Gasteiger partial charge < -0.3 is 24.6 Å². The topological polar surface area (TPSA) is 136 Å². The fourth-order valence-corrected chi connectivity index (χ4v) is 5.11. The number of ether oxygens (including phenoxy) is 3. The molecule has 1 aliphatic rings. The van der Waals surface area contributed by atoms with Gasteiger partial charge in [-0.05, 0) is 23.6 Å². The molecule has 0 spiro atoms. The first-order valence-corrected chi connectivity index (χ1v) is 13.3. The average molecular weight is 541 g/mol. The van der Waals surface area contributed by atoms with E-state index in [1.165, 1.54) is 20.2 Å². The van der Waals surface area contributed by atoms with Crippen LogP contribution in [0.15, 0.2) is 60.0 Å². The number of thioether (sulfide) groups is 1. The van der Waals surface area contributed by atoms with Crippen molar-refractivity contribution < 1.29 is 28.9 Å². The number of rotatable bonds is 10. The number of carbonyl (C=O) groups excluding carboxylic acids is 2. The highest BCUT2D eigenvalue weighted by Gasteiger charge is 2.38. The minimum atomic E-state index is -0.854. The summed E-state index contributed by atoms with van der Waals surface area (Å²) in [6.07, 6.45) is -0.322. The molecule has 0 radical (unpaired) electrons. The van der Waals surface area contributed by atoms with Crippen molar-refractivity contribution in [2.75, 3.05) is 5.75 Å². The van der Waals surface area contributed by atoms with Crippen molar-refractivity contribution in [3.8, 4) is 0 Å². The number of aromatic amines is 1. The van der Waals surface area contributed by atoms with Crippen LogP contribution in [0, 0.1) is 5.92 Å². The molecule has 1 aliphatic heterocycles. The van der Waals surface area contributed by atoms with Crippen molar-refractivity contribution in [2.45, 2.75) is 63.7 Å². The number of carbonyl (C=O) groups is 2. The van der Waals surface area contributed by atoms with Gasteiger partial charge in [0.2, 0.25) is 0 Å². The van der Waals surface area contributed by atoms with Gasteiger partial charge in [0.1, 0.15) is 6.33 Å². The van der Waals surface area contributed by atoms with Gasteiger partial charge in [0.05, 0.1) is 18.8 Å². The number of esters is 1. The Labute approximate surface area is 225 Å². The number of aromatic nitrogens is 3. The SMILES string of the molecule is CC(=O)OC(C)C(=O)NCc1ccc(C2OC(CSc3ncn[nH]3)C(C)C(c3ccc(CO)cc3)O2)cc1. The number of benzene rings is 2. The Morgan fingerprint density at radius 2 is 1.79 bits per heavy atom. The Balaban J connectivity index is 1.46. The van der Waals surface area contributed by atoms with E-state index in [1.54, 1.807) is 11.8 Å². The summed E-state index contributed by atoms with van der Waals surface area (Å²) in [5.41, 5.74) is 3.59. The molecular formula is C27H32N4O6S. The molecular weight excluding hydrogens is 508 g/mol. The molecule has 202 valence electrons. The first kappa shape index (κ1) is 27.8. The summed E-state index contributed by atoms with van der Waals surface area (Å²) in [7, 11) is 0. The summed E-state index contributed by atoms with van der Waals surface area (Å²) in [4.78, 5) is 27.4. The van der Waals surface area contributed by atoms with Crippen LogP contribution in [0.2, 0.25) is 0 Å². The highest BCUT2D eigenvalue weighted by Crippen LogP contribution is 2.42. The lowest BCUT2D eigenvalue weighted by atomic mass is 9.91. The van der Waals surface area contributed by atoms with Crippen LogP contribution in [0.25, 0.3) is 0 Å². The zero-order valence-electron chi connectivity index (χ0n) is 21.5. The number of aliphatic hydroxyl groups excluding tert-OH is 1. The summed E-state index contributed by atoms with van der Waals surface area (Å²) >= 11 is 1.54. The summed E-state index contributed by atoms with van der Waals surface area (Å²) < 4.78 is 17.8. The van der Waals surface area contributed by atoms with Crippen LogP contribution >= 0.6 is 11.8 Å². The number of hydrogen-bond acceptors (Lipinski definition) is 9. The second-order valence-electron chi connectivity index (χ2n) is 9.13. The van der Waals surface area contributed by atoms with Crippen molar-refractivity contribution in [3.63, 3.8) is 0 Å². The number of nitrogens with one attached hydrogen (secondary N) is 2. The van der Waals surface area contributed by atoms with E-state index in [0.29, 0.717) is 12.3 Å². The third-order valence-corrected chi connectivity index (χ3v) is 7.30. The molecule has 4 rings (SSSR count). The van der Waals surface area contributed by atoms with Gasteiger partial charge in [0.15, 0.2) is 17.6 Å². The molecule has 38 heavy (non-hydrogen) atoms. The van der Waals surface area contributed by atoms with Crippen LogP contribution in [-0.4, -0.2) is 50.1 Å². The number of amides is 1. The van der Waals surface area contributed by atoms with Gasteiger partial charge in [-0.2, -0.15) is 5.10 Å². The maximum absolute atomic E-state index is 12.1. The van der Waals surface area contributed by atoms with E-state index in [1.807, 2.05) is 48.5 Å². The normalized spacial score (nSPS) is 22.0. The molecule has 2 heterocycles. The lowest BCUT2D eigenvalue weighted by Crippen LogP contribution is -2.38. The van der Waals surface area contributed by atoms with Crippen LogP contribution in [0.5, 0.6) is 0 Å². The first-order chi connectivity index (χ1) is 18.3. The quantitative estimate of drug-likeness (QED) is 0.261. The van der Waals surface area contributed by atoms with Crippen molar-refractivity contribution in [2.24, 2.45) is 5.92 Å². The second-order valence-corrected chi connectivity index (χ2v) is 10.1. The van der Waals surface area contributed by atoms with E-state index >= 15 is 0 Å². The summed E-state index contributed by atoms with van der Waals surface area (Å²) in [5.74, 6) is -0.153. The van der Waals surface area contributed by atoms with Crippen molar-refractivity contribution in [1.82, 2.24) is 20.5 Å². The number of H-pyrrole nitrogens is 1. The smallest absolute Gasteiger partial charge is 0.303 e. The molecule has 1 amide bonds. The summed E-state index contributed by atoms with van der Waals surface area (Å²) in [5, 5.41) is 19.7. The van der Waals surface area contributed by atoms with Crippen LogP contribution < -0.4 is 5.32 Å². The highest BCUT2D eigenvalue weighted by atomic mass is 32.2. The van der Waals surface area contributed by atoms with Gasteiger partial charge in [-0.1, -0.05) is 67.2 Å². The predicted molar refractivity (Wildman–Crippen MR) is 140 cm³/mol. The van der Waals surface area contributed by atoms with Crippen LogP contribution in [0.3, 0.4) is 0 Å². The largest absolute Gasteiger partial charge is 0.453 e. The molecule has 0 bridgehead atoms. The zero-order chi connectivity index (χ0) is 27.1. The van der Waals surface area contributed by atoms with Crippen molar-refractivity contribution in [3.05, 3.63) is 77.1 Å². The molecule has 5 unspecified atom stereocenters. The van der Waals surface area contributed by atoms with Crippen LogP contribution in [0.4, 0.5) is 0 Å². The van der Waals surface area contributed by atoms with Crippen LogP contribution in [-0.2, 0) is 37.0 Å². The third kappa shape index (κ3) is 7.19. The Morgan fingerprint density at radius 3 is 2.42 bits per heavy atom. The Hall–Kier alpha value is -3.25. The lowest BCUT2D eigenvalue weighted by molar-refractivity contribution is -0.268. The van der Waals surface area contributed by atoms with Gasteiger partial charge in [0, 0.05) is 30.7 Å². The van der Waals surface area contributed by atoms with E-state index in [4.69, 9.17) is 14.2 Å².